The smallest absolute Gasteiger partial charge is 0.344 e. The molecule has 0 atom stereocenters. The second-order valence-corrected chi connectivity index (χ2v) is 6.60. The number of aromatic nitrogens is 2. The third-order valence-electron chi connectivity index (χ3n) is 4.06. The minimum Gasteiger partial charge on any atom is -0.462 e. The van der Waals surface area contributed by atoms with Crippen molar-refractivity contribution in [2.75, 3.05) is 12.9 Å². The summed E-state index contributed by atoms with van der Waals surface area (Å²) in [6, 6.07) is 3.67. The molecule has 3 rings (SSSR count). The number of nitrogens with zero attached hydrogens (tertiary/aromatic N) is 2. The molecular formula is C19H15F3N2O3S. The third kappa shape index (κ3) is 3.15. The summed E-state index contributed by atoms with van der Waals surface area (Å²) in [7, 11) is 0. The number of pyridine rings is 2. The molecule has 2 heterocycles. The van der Waals surface area contributed by atoms with Crippen LogP contribution in [-0.4, -0.2) is 28.4 Å². The summed E-state index contributed by atoms with van der Waals surface area (Å²) in [6.45, 7) is 3.26. The second-order valence-electron chi connectivity index (χ2n) is 5.81. The first kappa shape index (κ1) is 19.9. The molecule has 0 aliphatic carbocycles. The van der Waals surface area contributed by atoms with Crippen molar-refractivity contribution >= 4 is 28.6 Å². The lowest BCUT2D eigenvalue weighted by Gasteiger charge is -2.19. The van der Waals surface area contributed by atoms with Crippen LogP contribution in [0, 0.1) is 24.4 Å². The van der Waals surface area contributed by atoms with Crippen LogP contribution in [0.2, 0.25) is 0 Å². The number of fused-ring (bicyclic) bond motifs is 1. The van der Waals surface area contributed by atoms with Crippen LogP contribution in [0.5, 0.6) is 0 Å². The number of ether oxygens (including phenoxy) is 1. The number of esters is 1. The molecule has 0 unspecified atom stereocenters. The number of benzene rings is 1. The SMILES string of the molecule is CCOC(=O)c1c(SC)n(-c2ccnc(C)c2)c2c(F)c(F)c(F)cc2c1=O. The predicted octanol–water partition coefficient (Wildman–Crippen LogP) is 4.01. The van der Waals surface area contributed by atoms with Crippen molar-refractivity contribution in [3.05, 3.63) is 63.3 Å². The number of aryl methyl sites for hydroxylation is 1. The Morgan fingerprint density at radius 3 is 2.57 bits per heavy atom. The van der Waals surface area contributed by atoms with Crippen molar-refractivity contribution < 1.29 is 22.7 Å². The van der Waals surface area contributed by atoms with Gasteiger partial charge < -0.3 is 9.30 Å². The largest absolute Gasteiger partial charge is 0.462 e. The molecule has 0 aliphatic rings. The fourth-order valence-corrected chi connectivity index (χ4v) is 3.67. The van der Waals surface area contributed by atoms with E-state index in [0.29, 0.717) is 17.4 Å². The van der Waals surface area contributed by atoms with Gasteiger partial charge in [0.1, 0.15) is 5.56 Å². The number of halogens is 3. The summed E-state index contributed by atoms with van der Waals surface area (Å²) in [6.07, 6.45) is 3.02. The van der Waals surface area contributed by atoms with Crippen LogP contribution in [0.4, 0.5) is 13.2 Å². The van der Waals surface area contributed by atoms with Gasteiger partial charge in [-0.2, -0.15) is 0 Å². The van der Waals surface area contributed by atoms with Gasteiger partial charge in [-0.25, -0.2) is 18.0 Å². The van der Waals surface area contributed by atoms with Gasteiger partial charge in [0.15, 0.2) is 17.5 Å². The maximum atomic E-state index is 14.8. The first-order chi connectivity index (χ1) is 13.3. The Morgan fingerprint density at radius 2 is 1.96 bits per heavy atom. The summed E-state index contributed by atoms with van der Waals surface area (Å²) in [5.41, 5.74) is -0.874. The average Bonchev–Trinajstić information content (AvgIpc) is 2.66. The Bertz CT molecular complexity index is 1160. The molecular weight excluding hydrogens is 393 g/mol. The van der Waals surface area contributed by atoms with Crippen molar-refractivity contribution in [3.8, 4) is 5.69 Å². The van der Waals surface area contributed by atoms with Crippen LogP contribution in [0.1, 0.15) is 23.0 Å². The van der Waals surface area contributed by atoms with Crippen molar-refractivity contribution in [2.24, 2.45) is 0 Å². The molecule has 0 saturated heterocycles. The molecule has 3 aromatic rings. The van der Waals surface area contributed by atoms with Crippen molar-refractivity contribution in [3.63, 3.8) is 0 Å². The molecule has 0 bridgehead atoms. The molecule has 2 aromatic heterocycles. The maximum Gasteiger partial charge on any atom is 0.344 e. The first-order valence-electron chi connectivity index (χ1n) is 8.22. The Hall–Kier alpha value is -2.81. The number of rotatable bonds is 4. The summed E-state index contributed by atoms with van der Waals surface area (Å²) in [4.78, 5) is 29.4. The molecule has 0 aliphatic heterocycles. The van der Waals surface area contributed by atoms with E-state index in [-0.39, 0.29) is 17.2 Å². The monoisotopic (exact) mass is 408 g/mol. The highest BCUT2D eigenvalue weighted by atomic mass is 32.2. The number of hydrogen-bond donors (Lipinski definition) is 0. The fourth-order valence-electron chi connectivity index (χ4n) is 2.91. The second kappa shape index (κ2) is 7.67. The Balaban J connectivity index is 2.61. The normalized spacial score (nSPS) is 11.1. The lowest BCUT2D eigenvalue weighted by molar-refractivity contribution is 0.0519. The minimum absolute atomic E-state index is 0.00460. The Morgan fingerprint density at radius 1 is 1.25 bits per heavy atom. The Kier molecular flexibility index (Phi) is 5.46. The van der Waals surface area contributed by atoms with E-state index >= 15 is 0 Å². The summed E-state index contributed by atoms with van der Waals surface area (Å²) in [5.74, 6) is -5.68. The van der Waals surface area contributed by atoms with Gasteiger partial charge in [0.05, 0.1) is 28.2 Å². The van der Waals surface area contributed by atoms with E-state index in [4.69, 9.17) is 4.74 Å². The fraction of sp³-hybridized carbons (Fsp3) is 0.211. The summed E-state index contributed by atoms with van der Waals surface area (Å²) >= 11 is 0.984. The van der Waals surface area contributed by atoms with Gasteiger partial charge >= 0.3 is 5.97 Å². The van der Waals surface area contributed by atoms with Gasteiger partial charge in [-0.1, -0.05) is 0 Å². The standard InChI is InChI=1S/C19H15F3N2O3S/c1-4-27-19(26)13-17(25)11-8-12(20)14(21)15(22)16(11)24(18(13)28-3)10-5-6-23-9(2)7-10/h5-8H,4H2,1-3H3. The summed E-state index contributed by atoms with van der Waals surface area (Å²) in [5, 5.41) is -0.418. The van der Waals surface area contributed by atoms with Crippen LogP contribution in [0.3, 0.4) is 0 Å². The molecule has 0 N–H and O–H groups in total. The van der Waals surface area contributed by atoms with Gasteiger partial charge in [-0.3, -0.25) is 9.78 Å². The molecule has 28 heavy (non-hydrogen) atoms. The van der Waals surface area contributed by atoms with Crippen LogP contribution in [0.15, 0.2) is 34.2 Å². The van der Waals surface area contributed by atoms with Gasteiger partial charge in [0, 0.05) is 11.9 Å². The van der Waals surface area contributed by atoms with E-state index in [9.17, 15) is 22.8 Å². The van der Waals surface area contributed by atoms with Gasteiger partial charge in [-0.05, 0) is 38.3 Å². The highest BCUT2D eigenvalue weighted by molar-refractivity contribution is 7.98. The molecule has 0 spiro atoms. The number of hydrogen-bond acceptors (Lipinski definition) is 5. The molecule has 0 radical (unpaired) electrons. The van der Waals surface area contributed by atoms with Gasteiger partial charge in [0.2, 0.25) is 5.43 Å². The molecule has 5 nitrogen and oxygen atoms in total. The average molecular weight is 408 g/mol. The van der Waals surface area contributed by atoms with Crippen LogP contribution < -0.4 is 5.43 Å². The van der Waals surface area contributed by atoms with Crippen LogP contribution in [0.25, 0.3) is 16.6 Å². The van der Waals surface area contributed by atoms with Crippen LogP contribution >= 0.6 is 11.8 Å². The van der Waals surface area contributed by atoms with E-state index in [0.717, 1.165) is 11.8 Å². The van der Waals surface area contributed by atoms with E-state index in [1.165, 1.54) is 16.8 Å². The van der Waals surface area contributed by atoms with Crippen molar-refractivity contribution in [2.45, 2.75) is 18.9 Å². The first-order valence-corrected chi connectivity index (χ1v) is 9.44. The minimum atomic E-state index is -1.71. The van der Waals surface area contributed by atoms with Crippen LogP contribution in [-0.2, 0) is 4.74 Å². The number of carbonyl (C=O) groups is 1. The molecule has 0 amide bonds. The molecule has 146 valence electrons. The lowest BCUT2D eigenvalue weighted by atomic mass is 10.1. The Labute approximate surface area is 162 Å². The quantitative estimate of drug-likeness (QED) is 0.371. The van der Waals surface area contributed by atoms with E-state index in [2.05, 4.69) is 4.98 Å². The van der Waals surface area contributed by atoms with E-state index in [1.807, 2.05) is 0 Å². The predicted molar refractivity (Wildman–Crippen MR) is 99.7 cm³/mol. The highest BCUT2D eigenvalue weighted by Crippen LogP contribution is 2.31. The molecule has 9 heteroatoms. The van der Waals surface area contributed by atoms with E-state index < -0.39 is 39.8 Å². The summed E-state index contributed by atoms with van der Waals surface area (Å²) < 4.78 is 48.8. The zero-order chi connectivity index (χ0) is 20.6. The third-order valence-corrected chi connectivity index (χ3v) is 4.83. The zero-order valence-electron chi connectivity index (χ0n) is 15.2. The van der Waals surface area contributed by atoms with Crippen molar-refractivity contribution in [1.82, 2.24) is 9.55 Å². The molecule has 0 fully saturated rings. The van der Waals surface area contributed by atoms with E-state index in [1.54, 1.807) is 26.2 Å². The number of carbonyl (C=O) groups excluding carboxylic acids is 1. The number of thioether (sulfide) groups is 1. The lowest BCUT2D eigenvalue weighted by Crippen LogP contribution is -2.24. The van der Waals surface area contributed by atoms with Gasteiger partial charge in [-0.15, -0.1) is 11.8 Å². The molecule has 1 aromatic carbocycles. The maximum absolute atomic E-state index is 14.8. The zero-order valence-corrected chi connectivity index (χ0v) is 16.0. The van der Waals surface area contributed by atoms with Gasteiger partial charge in [0.25, 0.3) is 0 Å². The van der Waals surface area contributed by atoms with Crippen molar-refractivity contribution in [1.29, 1.82) is 0 Å². The molecule has 0 saturated carbocycles. The highest BCUT2D eigenvalue weighted by Gasteiger charge is 2.28. The topological polar surface area (TPSA) is 61.2 Å².